The SMILES string of the molecule is C=CCC(=O)c1ccc2c(c1)CCN2. The molecule has 0 radical (unpaired) electrons. The molecule has 72 valence electrons. The van der Waals surface area contributed by atoms with E-state index in [1.807, 2.05) is 18.2 Å². The summed E-state index contributed by atoms with van der Waals surface area (Å²) in [6.07, 6.45) is 3.09. The average Bonchev–Trinajstić information content (AvgIpc) is 2.64. The van der Waals surface area contributed by atoms with Crippen molar-refractivity contribution >= 4 is 11.5 Å². The molecule has 2 nitrogen and oxygen atoms in total. The van der Waals surface area contributed by atoms with E-state index in [9.17, 15) is 4.79 Å². The van der Waals surface area contributed by atoms with E-state index < -0.39 is 0 Å². The third-order valence-corrected chi connectivity index (χ3v) is 2.47. The largest absolute Gasteiger partial charge is 0.384 e. The highest BCUT2D eigenvalue weighted by Crippen LogP contribution is 2.23. The number of carbonyl (C=O) groups excluding carboxylic acids is 1. The molecule has 0 amide bonds. The Labute approximate surface area is 83.6 Å². The first-order valence-corrected chi connectivity index (χ1v) is 4.82. The maximum absolute atomic E-state index is 11.6. The molecule has 0 bridgehead atoms. The van der Waals surface area contributed by atoms with Gasteiger partial charge in [0.05, 0.1) is 0 Å². The summed E-state index contributed by atoms with van der Waals surface area (Å²) in [5.74, 6) is 0.148. The summed E-state index contributed by atoms with van der Waals surface area (Å²) in [7, 11) is 0. The summed E-state index contributed by atoms with van der Waals surface area (Å²) in [6.45, 7) is 4.55. The quantitative estimate of drug-likeness (QED) is 0.581. The van der Waals surface area contributed by atoms with E-state index >= 15 is 0 Å². The number of fused-ring (bicyclic) bond motifs is 1. The zero-order valence-corrected chi connectivity index (χ0v) is 8.05. The van der Waals surface area contributed by atoms with E-state index in [0.29, 0.717) is 6.42 Å². The Morgan fingerprint density at radius 2 is 2.43 bits per heavy atom. The molecular formula is C12H13NO. The van der Waals surface area contributed by atoms with Gasteiger partial charge in [-0.1, -0.05) is 6.08 Å². The minimum Gasteiger partial charge on any atom is -0.384 e. The van der Waals surface area contributed by atoms with E-state index in [2.05, 4.69) is 11.9 Å². The Morgan fingerprint density at radius 1 is 1.57 bits per heavy atom. The number of rotatable bonds is 3. The van der Waals surface area contributed by atoms with Crippen LogP contribution in [0.3, 0.4) is 0 Å². The molecule has 1 aliphatic rings. The summed E-state index contributed by atoms with van der Waals surface area (Å²) in [6, 6.07) is 5.85. The van der Waals surface area contributed by atoms with Crippen molar-refractivity contribution in [1.29, 1.82) is 0 Å². The summed E-state index contributed by atoms with van der Waals surface area (Å²) >= 11 is 0. The van der Waals surface area contributed by atoms with Crippen molar-refractivity contribution in [3.63, 3.8) is 0 Å². The van der Waals surface area contributed by atoms with Crippen LogP contribution < -0.4 is 5.32 Å². The van der Waals surface area contributed by atoms with Crippen molar-refractivity contribution in [1.82, 2.24) is 0 Å². The number of Topliss-reactive ketones (excluding diaryl/α,β-unsaturated/α-hetero) is 1. The van der Waals surface area contributed by atoms with Crippen molar-refractivity contribution < 1.29 is 4.79 Å². The van der Waals surface area contributed by atoms with Gasteiger partial charge in [-0.05, 0) is 30.2 Å². The number of ketones is 1. The van der Waals surface area contributed by atoms with Gasteiger partial charge in [-0.15, -0.1) is 6.58 Å². The molecule has 2 heteroatoms. The first-order valence-electron chi connectivity index (χ1n) is 4.82. The van der Waals surface area contributed by atoms with Crippen molar-refractivity contribution in [3.8, 4) is 0 Å². The third-order valence-electron chi connectivity index (χ3n) is 2.47. The van der Waals surface area contributed by atoms with Crippen molar-refractivity contribution in [2.75, 3.05) is 11.9 Å². The van der Waals surface area contributed by atoms with E-state index in [4.69, 9.17) is 0 Å². The Balaban J connectivity index is 2.28. The fourth-order valence-corrected chi connectivity index (χ4v) is 1.73. The zero-order chi connectivity index (χ0) is 9.97. The lowest BCUT2D eigenvalue weighted by Gasteiger charge is -2.02. The van der Waals surface area contributed by atoms with Gasteiger partial charge >= 0.3 is 0 Å². The minimum absolute atomic E-state index is 0.148. The second kappa shape index (κ2) is 3.66. The third kappa shape index (κ3) is 1.55. The monoisotopic (exact) mass is 187 g/mol. The number of hydrogen-bond donors (Lipinski definition) is 1. The number of allylic oxidation sites excluding steroid dienone is 1. The summed E-state index contributed by atoms with van der Waals surface area (Å²) < 4.78 is 0. The van der Waals surface area contributed by atoms with Gasteiger partial charge in [0.1, 0.15) is 0 Å². The van der Waals surface area contributed by atoms with Gasteiger partial charge in [-0.25, -0.2) is 0 Å². The molecule has 2 rings (SSSR count). The molecular weight excluding hydrogens is 174 g/mol. The maximum Gasteiger partial charge on any atom is 0.166 e. The number of nitrogens with one attached hydrogen (secondary N) is 1. The standard InChI is InChI=1S/C12H13NO/c1-2-3-12(14)10-4-5-11-9(8-10)6-7-13-11/h2,4-5,8,13H,1,3,6-7H2. The van der Waals surface area contributed by atoms with Gasteiger partial charge in [0, 0.05) is 24.2 Å². The molecule has 0 aliphatic carbocycles. The second-order valence-corrected chi connectivity index (χ2v) is 3.46. The predicted molar refractivity (Wildman–Crippen MR) is 57.8 cm³/mol. The number of hydrogen-bond acceptors (Lipinski definition) is 2. The van der Waals surface area contributed by atoms with E-state index in [1.165, 1.54) is 11.3 Å². The van der Waals surface area contributed by atoms with Crippen LogP contribution in [0.15, 0.2) is 30.9 Å². The zero-order valence-electron chi connectivity index (χ0n) is 8.05. The van der Waals surface area contributed by atoms with Gasteiger partial charge in [0.2, 0.25) is 0 Å². The minimum atomic E-state index is 0.148. The Hall–Kier alpha value is -1.57. The highest BCUT2D eigenvalue weighted by Gasteiger charge is 2.12. The Bertz CT molecular complexity index is 382. The fraction of sp³-hybridized carbons (Fsp3) is 0.250. The van der Waals surface area contributed by atoms with Crippen LogP contribution in [0.25, 0.3) is 0 Å². The number of anilines is 1. The van der Waals surface area contributed by atoms with Gasteiger partial charge in [0.15, 0.2) is 5.78 Å². The molecule has 0 atom stereocenters. The van der Waals surface area contributed by atoms with Crippen LogP contribution in [0.2, 0.25) is 0 Å². The predicted octanol–water partition coefficient (Wildman–Crippen LogP) is 2.41. The molecule has 0 saturated heterocycles. The van der Waals surface area contributed by atoms with E-state index in [1.54, 1.807) is 6.08 Å². The molecule has 1 aromatic rings. The van der Waals surface area contributed by atoms with Crippen LogP contribution >= 0.6 is 0 Å². The fourth-order valence-electron chi connectivity index (χ4n) is 1.73. The normalized spacial score (nSPS) is 13.1. The van der Waals surface area contributed by atoms with Crippen LogP contribution in [-0.4, -0.2) is 12.3 Å². The molecule has 0 unspecified atom stereocenters. The van der Waals surface area contributed by atoms with Gasteiger partial charge in [-0.3, -0.25) is 4.79 Å². The molecule has 1 N–H and O–H groups in total. The second-order valence-electron chi connectivity index (χ2n) is 3.46. The van der Waals surface area contributed by atoms with Crippen LogP contribution in [-0.2, 0) is 6.42 Å². The van der Waals surface area contributed by atoms with Gasteiger partial charge in [0.25, 0.3) is 0 Å². The molecule has 1 aliphatic heterocycles. The van der Waals surface area contributed by atoms with Crippen molar-refractivity contribution in [2.24, 2.45) is 0 Å². The maximum atomic E-state index is 11.6. The van der Waals surface area contributed by atoms with E-state index in [0.717, 1.165) is 18.5 Å². The number of benzene rings is 1. The summed E-state index contributed by atoms with van der Waals surface area (Å²) in [4.78, 5) is 11.6. The lowest BCUT2D eigenvalue weighted by molar-refractivity contribution is 0.0996. The summed E-state index contributed by atoms with van der Waals surface area (Å²) in [5.41, 5.74) is 3.22. The topological polar surface area (TPSA) is 29.1 Å². The van der Waals surface area contributed by atoms with E-state index in [-0.39, 0.29) is 5.78 Å². The molecule has 1 aromatic carbocycles. The molecule has 0 aromatic heterocycles. The lowest BCUT2D eigenvalue weighted by atomic mass is 10.0. The highest BCUT2D eigenvalue weighted by atomic mass is 16.1. The van der Waals surface area contributed by atoms with Gasteiger partial charge in [-0.2, -0.15) is 0 Å². The smallest absolute Gasteiger partial charge is 0.166 e. The molecule has 0 saturated carbocycles. The van der Waals surface area contributed by atoms with Crippen molar-refractivity contribution in [2.45, 2.75) is 12.8 Å². The molecule has 0 spiro atoms. The first kappa shape index (κ1) is 9.00. The molecule has 14 heavy (non-hydrogen) atoms. The highest BCUT2D eigenvalue weighted by molar-refractivity contribution is 5.97. The first-order chi connectivity index (χ1) is 6.81. The lowest BCUT2D eigenvalue weighted by Crippen LogP contribution is -1.97. The van der Waals surface area contributed by atoms with Crippen LogP contribution in [0.1, 0.15) is 22.3 Å². The molecule has 1 heterocycles. The van der Waals surface area contributed by atoms with Crippen molar-refractivity contribution in [3.05, 3.63) is 42.0 Å². The van der Waals surface area contributed by atoms with Crippen LogP contribution in [0.5, 0.6) is 0 Å². The Morgan fingerprint density at radius 3 is 3.21 bits per heavy atom. The van der Waals surface area contributed by atoms with Gasteiger partial charge < -0.3 is 5.32 Å². The Kier molecular flexibility index (Phi) is 2.35. The summed E-state index contributed by atoms with van der Waals surface area (Å²) in [5, 5.41) is 3.27. The van der Waals surface area contributed by atoms with Crippen LogP contribution in [0, 0.1) is 0 Å². The number of carbonyl (C=O) groups is 1. The average molecular weight is 187 g/mol. The molecule has 0 fully saturated rings. The van der Waals surface area contributed by atoms with Crippen LogP contribution in [0.4, 0.5) is 5.69 Å².